The van der Waals surface area contributed by atoms with Gasteiger partial charge in [-0.1, -0.05) is 0 Å². The van der Waals surface area contributed by atoms with Crippen LogP contribution in [-0.4, -0.2) is 42.5 Å². The van der Waals surface area contributed by atoms with Crippen molar-refractivity contribution in [1.29, 1.82) is 0 Å². The molecule has 104 valence electrons. The molecule has 2 rings (SSSR count). The maximum Gasteiger partial charge on any atom is 0.238 e. The smallest absolute Gasteiger partial charge is 0.238 e. The Kier molecular flexibility index (Phi) is 4.17. The van der Waals surface area contributed by atoms with E-state index in [1.165, 1.54) is 12.1 Å². The van der Waals surface area contributed by atoms with Crippen molar-refractivity contribution in [2.24, 2.45) is 0 Å². The molecule has 0 spiro atoms. The Morgan fingerprint density at radius 3 is 2.74 bits per heavy atom. The number of nitrogens with one attached hydrogen (secondary N) is 2. The fraction of sp³-hybridized carbons (Fsp3) is 0.500. The molecular weight excluding hydrogens is 245 g/mol. The van der Waals surface area contributed by atoms with Crippen molar-refractivity contribution in [3.63, 3.8) is 0 Å². The predicted molar refractivity (Wildman–Crippen MR) is 73.6 cm³/mol. The van der Waals surface area contributed by atoms with Gasteiger partial charge in [0.15, 0.2) is 0 Å². The van der Waals surface area contributed by atoms with Crippen molar-refractivity contribution in [2.75, 3.05) is 31.5 Å². The predicted octanol–water partition coefficient (Wildman–Crippen LogP) is 1.45. The number of piperazine rings is 1. The second-order valence-electron chi connectivity index (χ2n) is 5.47. The first-order chi connectivity index (χ1) is 8.97. The van der Waals surface area contributed by atoms with Gasteiger partial charge in [-0.3, -0.25) is 9.69 Å². The van der Waals surface area contributed by atoms with Gasteiger partial charge in [-0.15, -0.1) is 0 Å². The lowest BCUT2D eigenvalue weighted by molar-refractivity contribution is -0.119. The minimum Gasteiger partial charge on any atom is -0.325 e. The highest BCUT2D eigenvalue weighted by atomic mass is 19.1. The molecule has 1 heterocycles. The van der Waals surface area contributed by atoms with Gasteiger partial charge in [0.2, 0.25) is 5.91 Å². The standard InChI is InChI=1S/C14H20FN3O/c1-14(2)10-16-7-8-18(14)9-13(19)17-12-5-3-11(15)4-6-12/h3-6,16H,7-10H2,1-2H3,(H,17,19). The number of amides is 1. The normalized spacial score (nSPS) is 19.1. The minimum atomic E-state index is -0.304. The van der Waals surface area contributed by atoms with Crippen LogP contribution < -0.4 is 10.6 Å². The Hall–Kier alpha value is -1.46. The summed E-state index contributed by atoms with van der Waals surface area (Å²) >= 11 is 0. The zero-order valence-corrected chi connectivity index (χ0v) is 11.4. The summed E-state index contributed by atoms with van der Waals surface area (Å²) in [6.07, 6.45) is 0. The summed E-state index contributed by atoms with van der Waals surface area (Å²) in [5.41, 5.74) is 0.595. The molecule has 1 aliphatic heterocycles. The molecule has 19 heavy (non-hydrogen) atoms. The van der Waals surface area contributed by atoms with Crippen molar-refractivity contribution in [2.45, 2.75) is 19.4 Å². The lowest BCUT2D eigenvalue weighted by Gasteiger charge is -2.42. The highest BCUT2D eigenvalue weighted by Crippen LogP contribution is 2.16. The Labute approximate surface area is 113 Å². The van der Waals surface area contributed by atoms with E-state index < -0.39 is 0 Å². The Morgan fingerprint density at radius 2 is 2.11 bits per heavy atom. The van der Waals surface area contributed by atoms with Crippen LogP contribution in [0.25, 0.3) is 0 Å². The summed E-state index contributed by atoms with van der Waals surface area (Å²) in [6.45, 7) is 7.20. The van der Waals surface area contributed by atoms with E-state index in [9.17, 15) is 9.18 Å². The number of benzene rings is 1. The summed E-state index contributed by atoms with van der Waals surface area (Å²) in [6, 6.07) is 5.81. The van der Waals surface area contributed by atoms with Crippen LogP contribution in [-0.2, 0) is 4.79 Å². The summed E-state index contributed by atoms with van der Waals surface area (Å²) in [5.74, 6) is -0.372. The van der Waals surface area contributed by atoms with Gasteiger partial charge in [0.05, 0.1) is 6.54 Å². The van der Waals surface area contributed by atoms with Crippen molar-refractivity contribution in [1.82, 2.24) is 10.2 Å². The van der Waals surface area contributed by atoms with E-state index in [0.717, 1.165) is 19.6 Å². The fourth-order valence-electron chi connectivity index (χ4n) is 2.22. The van der Waals surface area contributed by atoms with E-state index in [1.807, 2.05) is 0 Å². The molecule has 0 aromatic heterocycles. The Morgan fingerprint density at radius 1 is 1.42 bits per heavy atom. The molecule has 4 nitrogen and oxygen atoms in total. The molecule has 0 unspecified atom stereocenters. The molecule has 1 aliphatic rings. The van der Waals surface area contributed by atoms with E-state index in [1.54, 1.807) is 12.1 Å². The minimum absolute atomic E-state index is 0.0294. The number of anilines is 1. The Balaban J connectivity index is 1.92. The lowest BCUT2D eigenvalue weighted by Crippen LogP contribution is -2.59. The molecule has 1 amide bonds. The van der Waals surface area contributed by atoms with Gasteiger partial charge < -0.3 is 10.6 Å². The van der Waals surface area contributed by atoms with Gasteiger partial charge in [0.1, 0.15) is 5.82 Å². The third-order valence-electron chi connectivity index (χ3n) is 3.43. The average Bonchev–Trinajstić information content (AvgIpc) is 2.35. The van der Waals surface area contributed by atoms with Crippen LogP contribution >= 0.6 is 0 Å². The third kappa shape index (κ3) is 3.75. The molecule has 1 saturated heterocycles. The van der Waals surface area contributed by atoms with Gasteiger partial charge in [0.25, 0.3) is 0 Å². The number of hydrogen-bond acceptors (Lipinski definition) is 3. The monoisotopic (exact) mass is 265 g/mol. The fourth-order valence-corrected chi connectivity index (χ4v) is 2.22. The van der Waals surface area contributed by atoms with E-state index in [-0.39, 0.29) is 17.3 Å². The molecule has 1 aromatic rings. The van der Waals surface area contributed by atoms with Crippen LogP contribution in [0.2, 0.25) is 0 Å². The number of rotatable bonds is 3. The van der Waals surface area contributed by atoms with Crippen molar-refractivity contribution in [3.8, 4) is 0 Å². The first kappa shape index (κ1) is 14.0. The Bertz CT molecular complexity index is 445. The van der Waals surface area contributed by atoms with Gasteiger partial charge in [0, 0.05) is 30.9 Å². The van der Waals surface area contributed by atoms with E-state index in [0.29, 0.717) is 12.2 Å². The van der Waals surface area contributed by atoms with Crippen molar-refractivity contribution in [3.05, 3.63) is 30.1 Å². The summed E-state index contributed by atoms with van der Waals surface area (Å²) in [4.78, 5) is 14.1. The largest absolute Gasteiger partial charge is 0.325 e. The molecule has 1 fully saturated rings. The van der Waals surface area contributed by atoms with Crippen molar-refractivity contribution >= 4 is 11.6 Å². The molecule has 0 radical (unpaired) electrons. The molecule has 2 N–H and O–H groups in total. The average molecular weight is 265 g/mol. The number of hydrogen-bond donors (Lipinski definition) is 2. The van der Waals surface area contributed by atoms with Crippen LogP contribution in [0.4, 0.5) is 10.1 Å². The summed E-state index contributed by atoms with van der Waals surface area (Å²) in [7, 11) is 0. The second kappa shape index (κ2) is 5.67. The van der Waals surface area contributed by atoms with Crippen LogP contribution in [0.3, 0.4) is 0 Å². The molecule has 0 bridgehead atoms. The quantitative estimate of drug-likeness (QED) is 0.869. The van der Waals surface area contributed by atoms with Crippen LogP contribution in [0.15, 0.2) is 24.3 Å². The van der Waals surface area contributed by atoms with Gasteiger partial charge in [-0.05, 0) is 38.1 Å². The summed E-state index contributed by atoms with van der Waals surface area (Å²) < 4.78 is 12.8. The molecule has 0 atom stereocenters. The molecular formula is C14H20FN3O. The van der Waals surface area contributed by atoms with Crippen LogP contribution in [0.5, 0.6) is 0 Å². The zero-order chi connectivity index (χ0) is 13.9. The first-order valence-electron chi connectivity index (χ1n) is 6.48. The zero-order valence-electron chi connectivity index (χ0n) is 11.4. The maximum atomic E-state index is 12.8. The van der Waals surface area contributed by atoms with E-state index in [2.05, 4.69) is 29.4 Å². The highest BCUT2D eigenvalue weighted by molar-refractivity contribution is 5.92. The van der Waals surface area contributed by atoms with Crippen LogP contribution in [0.1, 0.15) is 13.8 Å². The lowest BCUT2D eigenvalue weighted by atomic mass is 10.0. The van der Waals surface area contributed by atoms with Crippen molar-refractivity contribution < 1.29 is 9.18 Å². The maximum absolute atomic E-state index is 12.8. The molecule has 0 aliphatic carbocycles. The number of halogens is 1. The number of nitrogens with zero attached hydrogens (tertiary/aromatic N) is 1. The molecule has 1 aromatic carbocycles. The number of carbonyl (C=O) groups is 1. The van der Waals surface area contributed by atoms with Gasteiger partial charge in [-0.2, -0.15) is 0 Å². The van der Waals surface area contributed by atoms with Gasteiger partial charge >= 0.3 is 0 Å². The number of carbonyl (C=O) groups excluding carboxylic acids is 1. The van der Waals surface area contributed by atoms with E-state index in [4.69, 9.17) is 0 Å². The topological polar surface area (TPSA) is 44.4 Å². The third-order valence-corrected chi connectivity index (χ3v) is 3.43. The van der Waals surface area contributed by atoms with E-state index >= 15 is 0 Å². The first-order valence-corrected chi connectivity index (χ1v) is 6.48. The van der Waals surface area contributed by atoms with Gasteiger partial charge in [-0.25, -0.2) is 4.39 Å². The molecule has 5 heteroatoms. The van der Waals surface area contributed by atoms with Crippen LogP contribution in [0, 0.1) is 5.82 Å². The summed E-state index contributed by atoms with van der Waals surface area (Å²) in [5, 5.41) is 6.11. The molecule has 0 saturated carbocycles. The second-order valence-corrected chi connectivity index (χ2v) is 5.47. The highest BCUT2D eigenvalue weighted by Gasteiger charge is 2.30. The SMILES string of the molecule is CC1(C)CNCCN1CC(=O)Nc1ccc(F)cc1.